The SMILES string of the molecule is O=C(CCS(=O)(=O)Cc1ccc(C(F)(F)F)cc1)Nc1cccc(F)c1. The lowest BCUT2D eigenvalue weighted by Crippen LogP contribution is -2.18. The molecule has 0 unspecified atom stereocenters. The Balaban J connectivity index is 1.91. The third-order valence-electron chi connectivity index (χ3n) is 3.42. The average molecular weight is 389 g/mol. The van der Waals surface area contributed by atoms with Gasteiger partial charge in [-0.05, 0) is 35.9 Å². The number of hydrogen-bond donors (Lipinski definition) is 1. The third kappa shape index (κ3) is 6.14. The van der Waals surface area contributed by atoms with E-state index in [-0.39, 0.29) is 17.7 Å². The number of anilines is 1. The second-order valence-corrected chi connectivity index (χ2v) is 7.78. The highest BCUT2D eigenvalue weighted by molar-refractivity contribution is 7.90. The molecule has 0 spiro atoms. The second kappa shape index (κ2) is 7.86. The van der Waals surface area contributed by atoms with Crippen LogP contribution in [0.15, 0.2) is 48.5 Å². The summed E-state index contributed by atoms with van der Waals surface area (Å²) >= 11 is 0. The summed E-state index contributed by atoms with van der Waals surface area (Å²) in [7, 11) is -3.69. The molecule has 0 saturated heterocycles. The summed E-state index contributed by atoms with van der Waals surface area (Å²) in [5.41, 5.74) is -0.466. The van der Waals surface area contributed by atoms with E-state index < -0.39 is 44.8 Å². The molecule has 0 fully saturated rings. The van der Waals surface area contributed by atoms with Gasteiger partial charge in [0.05, 0.1) is 17.1 Å². The minimum atomic E-state index is -4.49. The van der Waals surface area contributed by atoms with Crippen molar-refractivity contribution in [2.75, 3.05) is 11.1 Å². The molecule has 0 atom stereocenters. The van der Waals surface area contributed by atoms with Crippen molar-refractivity contribution in [2.45, 2.75) is 18.3 Å². The zero-order valence-electron chi connectivity index (χ0n) is 13.4. The van der Waals surface area contributed by atoms with Crippen molar-refractivity contribution in [3.8, 4) is 0 Å². The molecule has 2 aromatic rings. The first-order valence-electron chi connectivity index (χ1n) is 7.47. The van der Waals surface area contributed by atoms with Crippen LogP contribution in [0.25, 0.3) is 0 Å². The Morgan fingerprint density at radius 2 is 1.69 bits per heavy atom. The van der Waals surface area contributed by atoms with E-state index in [1.54, 1.807) is 0 Å². The molecule has 0 radical (unpaired) electrons. The molecule has 0 aromatic heterocycles. The van der Waals surface area contributed by atoms with Crippen LogP contribution in [0.4, 0.5) is 23.2 Å². The summed E-state index contributed by atoms with van der Waals surface area (Å²) in [6, 6.07) is 8.94. The Labute approximate surface area is 147 Å². The zero-order chi connectivity index (χ0) is 19.4. The Bertz CT molecular complexity index is 878. The smallest absolute Gasteiger partial charge is 0.326 e. The first-order valence-corrected chi connectivity index (χ1v) is 9.29. The van der Waals surface area contributed by atoms with Crippen LogP contribution in [-0.4, -0.2) is 20.1 Å². The number of benzene rings is 2. The molecule has 0 bridgehead atoms. The standard InChI is InChI=1S/C17H15F4NO3S/c18-14-2-1-3-15(10-14)22-16(23)8-9-26(24,25)11-12-4-6-13(7-5-12)17(19,20)21/h1-7,10H,8-9,11H2,(H,22,23). The summed E-state index contributed by atoms with van der Waals surface area (Å²) in [4.78, 5) is 11.8. The van der Waals surface area contributed by atoms with Crippen molar-refractivity contribution in [3.05, 3.63) is 65.5 Å². The fourth-order valence-electron chi connectivity index (χ4n) is 2.15. The van der Waals surface area contributed by atoms with Gasteiger partial charge in [0.25, 0.3) is 0 Å². The molecule has 0 aliphatic rings. The van der Waals surface area contributed by atoms with Gasteiger partial charge < -0.3 is 5.32 Å². The predicted molar refractivity (Wildman–Crippen MR) is 88.6 cm³/mol. The van der Waals surface area contributed by atoms with Crippen molar-refractivity contribution in [1.29, 1.82) is 0 Å². The minimum absolute atomic E-state index is 0.198. The highest BCUT2D eigenvalue weighted by Gasteiger charge is 2.30. The van der Waals surface area contributed by atoms with Gasteiger partial charge in [-0.1, -0.05) is 18.2 Å². The van der Waals surface area contributed by atoms with Crippen LogP contribution in [0.3, 0.4) is 0 Å². The maximum Gasteiger partial charge on any atom is 0.416 e. The van der Waals surface area contributed by atoms with Gasteiger partial charge >= 0.3 is 6.18 Å². The number of carbonyl (C=O) groups is 1. The second-order valence-electron chi connectivity index (χ2n) is 5.60. The molecule has 2 rings (SSSR count). The maximum atomic E-state index is 13.0. The summed E-state index contributed by atoms with van der Waals surface area (Å²) < 4.78 is 74.5. The van der Waals surface area contributed by atoms with E-state index in [1.807, 2.05) is 0 Å². The average Bonchev–Trinajstić information content (AvgIpc) is 2.52. The van der Waals surface area contributed by atoms with Crippen LogP contribution in [0.1, 0.15) is 17.5 Å². The molecule has 0 heterocycles. The maximum absolute atomic E-state index is 13.0. The van der Waals surface area contributed by atoms with E-state index >= 15 is 0 Å². The van der Waals surface area contributed by atoms with Crippen molar-refractivity contribution in [1.82, 2.24) is 0 Å². The molecule has 140 valence electrons. The molecule has 1 N–H and O–H groups in total. The molecular formula is C17H15F4NO3S. The number of halogens is 4. The number of amides is 1. The molecule has 26 heavy (non-hydrogen) atoms. The van der Waals surface area contributed by atoms with Gasteiger partial charge in [-0.2, -0.15) is 13.2 Å². The highest BCUT2D eigenvalue weighted by atomic mass is 32.2. The van der Waals surface area contributed by atoms with Crippen molar-refractivity contribution in [2.24, 2.45) is 0 Å². The van der Waals surface area contributed by atoms with Crippen LogP contribution in [-0.2, 0) is 26.6 Å². The summed E-state index contributed by atoms with van der Waals surface area (Å²) in [6.45, 7) is 0. The molecule has 2 aromatic carbocycles. The number of alkyl halides is 3. The van der Waals surface area contributed by atoms with Crippen molar-refractivity contribution in [3.63, 3.8) is 0 Å². The predicted octanol–water partition coefficient (Wildman–Crippen LogP) is 3.79. The molecule has 0 saturated carbocycles. The van der Waals surface area contributed by atoms with Gasteiger partial charge in [-0.3, -0.25) is 4.79 Å². The van der Waals surface area contributed by atoms with Gasteiger partial charge in [0, 0.05) is 12.1 Å². The number of rotatable bonds is 6. The summed E-state index contributed by atoms with van der Waals surface area (Å²) in [5, 5.41) is 2.37. The van der Waals surface area contributed by atoms with Crippen LogP contribution < -0.4 is 5.32 Å². The van der Waals surface area contributed by atoms with E-state index in [9.17, 15) is 30.8 Å². The monoisotopic (exact) mass is 389 g/mol. The van der Waals surface area contributed by atoms with E-state index in [2.05, 4.69) is 5.32 Å². The van der Waals surface area contributed by atoms with Gasteiger partial charge in [0.1, 0.15) is 5.82 Å². The molecule has 1 amide bonds. The Hall–Kier alpha value is -2.42. The van der Waals surface area contributed by atoms with Crippen molar-refractivity contribution < 1.29 is 30.8 Å². The van der Waals surface area contributed by atoms with E-state index in [0.29, 0.717) is 0 Å². The third-order valence-corrected chi connectivity index (χ3v) is 5.02. The Morgan fingerprint density at radius 3 is 2.27 bits per heavy atom. The zero-order valence-corrected chi connectivity index (χ0v) is 14.2. The number of sulfone groups is 1. The van der Waals surface area contributed by atoms with E-state index in [1.165, 1.54) is 18.2 Å². The topological polar surface area (TPSA) is 63.2 Å². The lowest BCUT2D eigenvalue weighted by molar-refractivity contribution is -0.137. The first kappa shape index (κ1) is 19.9. The summed E-state index contributed by atoms with van der Waals surface area (Å²) in [6.07, 6.45) is -4.84. The number of carbonyl (C=O) groups excluding carboxylic acids is 1. The first-order chi connectivity index (χ1) is 12.0. The van der Waals surface area contributed by atoms with Gasteiger partial charge in [0.2, 0.25) is 5.91 Å². The normalized spacial score (nSPS) is 12.0. The van der Waals surface area contributed by atoms with Crippen LogP contribution in [0, 0.1) is 5.82 Å². The minimum Gasteiger partial charge on any atom is -0.326 e. The van der Waals surface area contributed by atoms with Crippen LogP contribution in [0.5, 0.6) is 0 Å². The molecule has 9 heteroatoms. The molecular weight excluding hydrogens is 374 g/mol. The Kier molecular flexibility index (Phi) is 6.01. The highest BCUT2D eigenvalue weighted by Crippen LogP contribution is 2.29. The van der Waals surface area contributed by atoms with Gasteiger partial charge in [-0.15, -0.1) is 0 Å². The quantitative estimate of drug-likeness (QED) is 0.765. The largest absolute Gasteiger partial charge is 0.416 e. The number of nitrogens with one attached hydrogen (secondary N) is 1. The van der Waals surface area contributed by atoms with E-state index in [0.717, 1.165) is 30.3 Å². The number of hydrogen-bond acceptors (Lipinski definition) is 3. The van der Waals surface area contributed by atoms with Gasteiger partial charge in [0.15, 0.2) is 9.84 Å². The summed E-state index contributed by atoms with van der Waals surface area (Å²) in [5.74, 6) is -2.10. The lowest BCUT2D eigenvalue weighted by Gasteiger charge is -2.09. The van der Waals surface area contributed by atoms with Crippen LogP contribution in [0.2, 0.25) is 0 Å². The Morgan fingerprint density at radius 1 is 1.04 bits per heavy atom. The van der Waals surface area contributed by atoms with Crippen molar-refractivity contribution >= 4 is 21.4 Å². The molecule has 4 nitrogen and oxygen atoms in total. The van der Waals surface area contributed by atoms with Crippen LogP contribution >= 0.6 is 0 Å². The molecule has 0 aliphatic carbocycles. The fraction of sp³-hybridized carbons (Fsp3) is 0.235. The molecule has 0 aliphatic heterocycles. The van der Waals surface area contributed by atoms with Gasteiger partial charge in [-0.25, -0.2) is 12.8 Å². The fourth-order valence-corrected chi connectivity index (χ4v) is 3.50. The lowest BCUT2D eigenvalue weighted by atomic mass is 10.1. The van der Waals surface area contributed by atoms with E-state index in [4.69, 9.17) is 0 Å².